The summed E-state index contributed by atoms with van der Waals surface area (Å²) in [5, 5.41) is 8.09. The van der Waals surface area contributed by atoms with E-state index >= 15 is 0 Å². The molecule has 1 heterocycles. The fourth-order valence-corrected chi connectivity index (χ4v) is 4.26. The van der Waals surface area contributed by atoms with E-state index in [1.165, 1.54) is 20.1 Å². The number of carbonyl (C=O) groups excluding carboxylic acids is 2. The number of amides is 3. The van der Waals surface area contributed by atoms with Crippen LogP contribution in [0.25, 0.3) is 0 Å². The van der Waals surface area contributed by atoms with Gasteiger partial charge < -0.3 is 20.7 Å². The Labute approximate surface area is 151 Å². The standard InChI is InChI=1S/C15H20ClN3O5S/c1-9(17-15(21)18-11-5-6-25(22,23)8-11)14(20)19-12-7-10(16)3-4-13(12)24-2/h3-4,7,9,11H,5-6,8H2,1-2H3,(H,19,20)(H2,17,18,21). The molecule has 0 saturated carbocycles. The molecule has 1 aromatic carbocycles. The van der Waals surface area contributed by atoms with Crippen molar-refractivity contribution in [2.45, 2.75) is 25.4 Å². The van der Waals surface area contributed by atoms with Gasteiger partial charge in [-0.2, -0.15) is 0 Å². The van der Waals surface area contributed by atoms with Gasteiger partial charge in [0.2, 0.25) is 5.91 Å². The second kappa shape index (κ2) is 7.92. The van der Waals surface area contributed by atoms with Crippen molar-refractivity contribution in [3.63, 3.8) is 0 Å². The molecule has 1 fully saturated rings. The minimum atomic E-state index is -3.09. The molecule has 1 aliphatic heterocycles. The lowest BCUT2D eigenvalue weighted by Gasteiger charge is -2.18. The number of urea groups is 1. The maximum atomic E-state index is 12.2. The second-order valence-corrected chi connectivity index (χ2v) is 8.44. The number of nitrogens with one attached hydrogen (secondary N) is 3. The summed E-state index contributed by atoms with van der Waals surface area (Å²) in [5.41, 5.74) is 0.385. The first-order valence-electron chi connectivity index (χ1n) is 7.62. The van der Waals surface area contributed by atoms with Crippen molar-refractivity contribution in [3.8, 4) is 5.75 Å². The van der Waals surface area contributed by atoms with E-state index in [0.717, 1.165) is 0 Å². The number of hydrogen-bond donors (Lipinski definition) is 3. The van der Waals surface area contributed by atoms with Gasteiger partial charge in [0.15, 0.2) is 9.84 Å². The minimum absolute atomic E-state index is 0.0581. The molecule has 1 aliphatic rings. The molecule has 1 aromatic rings. The average Bonchev–Trinajstić information content (AvgIpc) is 2.86. The summed E-state index contributed by atoms with van der Waals surface area (Å²) in [7, 11) is -1.62. The topological polar surface area (TPSA) is 114 Å². The fraction of sp³-hybridized carbons (Fsp3) is 0.467. The Morgan fingerprint density at radius 3 is 2.68 bits per heavy atom. The van der Waals surface area contributed by atoms with E-state index in [4.69, 9.17) is 16.3 Å². The number of benzene rings is 1. The third-order valence-corrected chi connectivity index (χ3v) is 5.73. The highest BCUT2D eigenvalue weighted by atomic mass is 35.5. The smallest absolute Gasteiger partial charge is 0.315 e. The molecule has 138 valence electrons. The molecule has 0 aromatic heterocycles. The number of halogens is 1. The Morgan fingerprint density at radius 2 is 2.08 bits per heavy atom. The molecular formula is C15H20ClN3O5S. The van der Waals surface area contributed by atoms with Gasteiger partial charge in [0.05, 0.1) is 24.3 Å². The van der Waals surface area contributed by atoms with Crippen molar-refractivity contribution in [2.75, 3.05) is 23.9 Å². The van der Waals surface area contributed by atoms with E-state index in [9.17, 15) is 18.0 Å². The van der Waals surface area contributed by atoms with Crippen molar-refractivity contribution < 1.29 is 22.7 Å². The third kappa shape index (κ3) is 5.50. The highest BCUT2D eigenvalue weighted by Crippen LogP contribution is 2.27. The monoisotopic (exact) mass is 389 g/mol. The van der Waals surface area contributed by atoms with Crippen molar-refractivity contribution in [3.05, 3.63) is 23.2 Å². The van der Waals surface area contributed by atoms with Gasteiger partial charge in [-0.15, -0.1) is 0 Å². The van der Waals surface area contributed by atoms with Crippen LogP contribution in [-0.4, -0.2) is 51.1 Å². The predicted molar refractivity (Wildman–Crippen MR) is 94.8 cm³/mol. The van der Waals surface area contributed by atoms with Gasteiger partial charge in [0.1, 0.15) is 11.8 Å². The van der Waals surface area contributed by atoms with E-state index in [1.807, 2.05) is 0 Å². The Hall–Kier alpha value is -2.00. The van der Waals surface area contributed by atoms with Crippen LogP contribution in [0.3, 0.4) is 0 Å². The zero-order valence-electron chi connectivity index (χ0n) is 13.8. The van der Waals surface area contributed by atoms with Crippen LogP contribution in [0.5, 0.6) is 5.75 Å². The van der Waals surface area contributed by atoms with Crippen LogP contribution in [0, 0.1) is 0 Å². The number of carbonyl (C=O) groups is 2. The Morgan fingerprint density at radius 1 is 1.36 bits per heavy atom. The molecule has 0 spiro atoms. The molecule has 2 atom stereocenters. The summed E-state index contributed by atoms with van der Waals surface area (Å²) < 4.78 is 27.9. The van der Waals surface area contributed by atoms with Crippen molar-refractivity contribution >= 4 is 39.1 Å². The van der Waals surface area contributed by atoms with Gasteiger partial charge in [-0.05, 0) is 31.5 Å². The number of methoxy groups -OCH3 is 1. The predicted octanol–water partition coefficient (Wildman–Crippen LogP) is 1.16. The van der Waals surface area contributed by atoms with E-state index in [0.29, 0.717) is 22.9 Å². The quantitative estimate of drug-likeness (QED) is 0.699. The molecule has 25 heavy (non-hydrogen) atoms. The second-order valence-electron chi connectivity index (χ2n) is 5.77. The first kappa shape index (κ1) is 19.3. The summed E-state index contributed by atoms with van der Waals surface area (Å²) in [6, 6.07) is 2.90. The van der Waals surface area contributed by atoms with Crippen molar-refractivity contribution in [2.24, 2.45) is 0 Å². The Kier molecular flexibility index (Phi) is 6.12. The van der Waals surface area contributed by atoms with E-state index in [1.54, 1.807) is 12.1 Å². The molecule has 10 heteroatoms. The summed E-state index contributed by atoms with van der Waals surface area (Å²) in [6.45, 7) is 1.51. The Bertz CT molecular complexity index is 768. The van der Waals surface area contributed by atoms with Crippen molar-refractivity contribution in [1.82, 2.24) is 10.6 Å². The molecule has 2 rings (SSSR count). The lowest BCUT2D eigenvalue weighted by Crippen LogP contribution is -2.49. The van der Waals surface area contributed by atoms with Gasteiger partial charge in [0.25, 0.3) is 0 Å². The summed E-state index contributed by atoms with van der Waals surface area (Å²) in [5.74, 6) is -0.0520. The molecule has 8 nitrogen and oxygen atoms in total. The average molecular weight is 390 g/mol. The zero-order valence-corrected chi connectivity index (χ0v) is 15.4. The molecule has 3 N–H and O–H groups in total. The summed E-state index contributed by atoms with van der Waals surface area (Å²) in [4.78, 5) is 24.1. The zero-order chi connectivity index (χ0) is 18.6. The molecule has 1 saturated heterocycles. The number of hydrogen-bond acceptors (Lipinski definition) is 5. The molecule has 2 unspecified atom stereocenters. The van der Waals surface area contributed by atoms with Gasteiger partial charge in [0, 0.05) is 11.1 Å². The highest BCUT2D eigenvalue weighted by Gasteiger charge is 2.29. The molecule has 0 aliphatic carbocycles. The minimum Gasteiger partial charge on any atom is -0.495 e. The first-order chi connectivity index (χ1) is 11.7. The number of ether oxygens (including phenoxy) is 1. The van der Waals surface area contributed by atoms with Crippen LogP contribution < -0.4 is 20.7 Å². The number of rotatable bonds is 5. The van der Waals surface area contributed by atoms with Crippen LogP contribution in [0.1, 0.15) is 13.3 Å². The van der Waals surface area contributed by atoms with E-state index < -0.39 is 33.9 Å². The van der Waals surface area contributed by atoms with Crippen LogP contribution in [0.15, 0.2) is 18.2 Å². The normalized spacial score (nSPS) is 19.7. The first-order valence-corrected chi connectivity index (χ1v) is 9.82. The lowest BCUT2D eigenvalue weighted by atomic mass is 10.2. The maximum absolute atomic E-state index is 12.2. The molecule has 3 amide bonds. The van der Waals surface area contributed by atoms with E-state index in [2.05, 4.69) is 16.0 Å². The van der Waals surface area contributed by atoms with Crippen LogP contribution in [0.4, 0.5) is 10.5 Å². The highest BCUT2D eigenvalue weighted by molar-refractivity contribution is 7.91. The molecular weight excluding hydrogens is 370 g/mol. The number of sulfone groups is 1. The lowest BCUT2D eigenvalue weighted by molar-refractivity contribution is -0.117. The maximum Gasteiger partial charge on any atom is 0.315 e. The van der Waals surface area contributed by atoms with Crippen LogP contribution in [-0.2, 0) is 14.6 Å². The number of anilines is 1. The third-order valence-electron chi connectivity index (χ3n) is 3.73. The summed E-state index contributed by atoms with van der Waals surface area (Å²) >= 11 is 5.90. The van der Waals surface area contributed by atoms with Gasteiger partial charge in [-0.3, -0.25) is 4.79 Å². The SMILES string of the molecule is COc1ccc(Cl)cc1NC(=O)C(C)NC(=O)NC1CCS(=O)(=O)C1. The largest absolute Gasteiger partial charge is 0.495 e. The van der Waals surface area contributed by atoms with Gasteiger partial charge in [-0.1, -0.05) is 11.6 Å². The molecule has 0 radical (unpaired) electrons. The Balaban J connectivity index is 1.90. The molecule has 0 bridgehead atoms. The van der Waals surface area contributed by atoms with Crippen LogP contribution in [0.2, 0.25) is 5.02 Å². The van der Waals surface area contributed by atoms with Gasteiger partial charge in [-0.25, -0.2) is 13.2 Å². The van der Waals surface area contributed by atoms with Crippen molar-refractivity contribution in [1.29, 1.82) is 0 Å². The van der Waals surface area contributed by atoms with Crippen LogP contribution >= 0.6 is 11.6 Å². The fourth-order valence-electron chi connectivity index (χ4n) is 2.42. The van der Waals surface area contributed by atoms with Gasteiger partial charge >= 0.3 is 6.03 Å². The summed E-state index contributed by atoms with van der Waals surface area (Å²) in [6.07, 6.45) is 0.371. The van der Waals surface area contributed by atoms with E-state index in [-0.39, 0.29) is 11.5 Å².